The minimum atomic E-state index is -3.82. The van der Waals surface area contributed by atoms with E-state index in [4.69, 9.17) is 31.9 Å². The van der Waals surface area contributed by atoms with Crippen LogP contribution in [0.4, 0.5) is 0 Å². The van der Waals surface area contributed by atoms with Crippen molar-refractivity contribution in [2.45, 2.75) is 98.5 Å². The number of phenolic OH excluding ortho intramolecular Hbond substituents is 1. The highest BCUT2D eigenvalue weighted by Gasteiger charge is 2.26. The number of fused-ring (bicyclic) bond motifs is 1. The Hall–Kier alpha value is -6.26. The van der Waals surface area contributed by atoms with Gasteiger partial charge in [0, 0.05) is 39.3 Å². The lowest BCUT2D eigenvalue weighted by Gasteiger charge is -2.22. The molecule has 0 atom stereocenters. The monoisotopic (exact) mass is 818 g/mol. The molecule has 4 nitrogen and oxygen atoms in total. The molecule has 0 radical (unpaired) electrons. The summed E-state index contributed by atoms with van der Waals surface area (Å²) >= 11 is 0. The molecule has 0 saturated carbocycles. The van der Waals surface area contributed by atoms with E-state index in [9.17, 15) is 5.11 Å². The smallest absolute Gasteiger partial charge is 0.149 e. The molecule has 61 heavy (non-hydrogen) atoms. The molecule has 1 N–H and O–H groups in total. The fourth-order valence-corrected chi connectivity index (χ4v) is 7.71. The van der Waals surface area contributed by atoms with Gasteiger partial charge in [0.2, 0.25) is 0 Å². The van der Waals surface area contributed by atoms with Crippen molar-refractivity contribution in [1.82, 2.24) is 14.5 Å². The van der Waals surface area contributed by atoms with Crippen molar-refractivity contribution in [2.24, 2.45) is 0 Å². The SMILES string of the molecule is [2H]c1c([2H])c(C(C([2H])([2H])[2H])(C([2H])([2H])[2H])C([2H])([2H])[2H])c([2H])c([2H])c1-c1ccnc(-c2cc(-c3cccc4c3nc(-c3cc(C(C)C)cc(C(C)C)c3O)n4-c3ccc(C([2H])([2H])[2H])cc3-c3ccccc3)cc(C(C)(C)C)c2)c1. The van der Waals surface area contributed by atoms with Crippen molar-refractivity contribution in [3.8, 4) is 67.5 Å². The third-order valence-corrected chi connectivity index (χ3v) is 11.2. The van der Waals surface area contributed by atoms with E-state index in [1.807, 2.05) is 118 Å². The predicted octanol–water partition coefficient (Wildman–Crippen LogP) is 15.6. The molecule has 8 rings (SSSR count). The molecule has 308 valence electrons. The fraction of sp³-hybridized carbons (Fsp3) is 0.263. The van der Waals surface area contributed by atoms with Gasteiger partial charge in [-0.25, -0.2) is 4.98 Å². The molecular weight excluding hydrogens is 743 g/mol. The van der Waals surface area contributed by atoms with Crippen LogP contribution in [0.15, 0.2) is 140 Å². The van der Waals surface area contributed by atoms with Crippen LogP contribution in [0.3, 0.4) is 0 Å². The van der Waals surface area contributed by atoms with Crippen LogP contribution in [-0.2, 0) is 10.8 Å². The van der Waals surface area contributed by atoms with Crippen LogP contribution >= 0.6 is 0 Å². The fourth-order valence-electron chi connectivity index (χ4n) is 7.71. The molecule has 4 heteroatoms. The number of nitrogens with zero attached hydrogens (tertiary/aromatic N) is 3. The Morgan fingerprint density at radius 1 is 0.623 bits per heavy atom. The highest BCUT2D eigenvalue weighted by molar-refractivity contribution is 5.98. The number of aromatic nitrogens is 3. The Bertz CT molecular complexity index is 3520. The van der Waals surface area contributed by atoms with Gasteiger partial charge in [0.15, 0.2) is 0 Å². The molecule has 8 aromatic rings. The second-order valence-corrected chi connectivity index (χ2v) is 17.3. The van der Waals surface area contributed by atoms with E-state index in [0.29, 0.717) is 56.1 Å². The minimum Gasteiger partial charge on any atom is -0.507 e. The van der Waals surface area contributed by atoms with Crippen LogP contribution in [0.5, 0.6) is 5.75 Å². The molecule has 0 spiro atoms. The predicted molar refractivity (Wildman–Crippen MR) is 258 cm³/mol. The van der Waals surface area contributed by atoms with Crippen molar-refractivity contribution >= 4 is 11.0 Å². The summed E-state index contributed by atoms with van der Waals surface area (Å²) in [5.41, 5.74) is 2.99. The van der Waals surface area contributed by atoms with Crippen molar-refractivity contribution in [1.29, 1.82) is 0 Å². The number of benzene rings is 6. The molecule has 6 aromatic carbocycles. The van der Waals surface area contributed by atoms with Crippen LogP contribution in [0.25, 0.3) is 72.7 Å². The van der Waals surface area contributed by atoms with E-state index in [2.05, 4.69) is 13.8 Å². The Balaban J connectivity index is 1.41. The van der Waals surface area contributed by atoms with Crippen LogP contribution in [0.1, 0.15) is 131 Å². The first-order chi connectivity index (χ1) is 35.6. The van der Waals surface area contributed by atoms with Gasteiger partial charge < -0.3 is 5.11 Å². The van der Waals surface area contributed by atoms with Crippen molar-refractivity contribution in [3.05, 3.63) is 167 Å². The lowest BCUT2D eigenvalue weighted by atomic mass is 9.83. The summed E-state index contributed by atoms with van der Waals surface area (Å²) in [6.45, 7) is 0.429. The number of phenols is 1. The zero-order valence-corrected chi connectivity index (χ0v) is 35.4. The molecular formula is C57H59N3O. The van der Waals surface area contributed by atoms with Gasteiger partial charge in [-0.05, 0) is 123 Å². The van der Waals surface area contributed by atoms with Crippen LogP contribution in [0.2, 0.25) is 0 Å². The number of aryl methyl sites for hydroxylation is 1. The molecule has 0 aliphatic rings. The lowest BCUT2D eigenvalue weighted by Crippen LogP contribution is -2.11. The topological polar surface area (TPSA) is 50.9 Å². The van der Waals surface area contributed by atoms with Gasteiger partial charge >= 0.3 is 0 Å². The summed E-state index contributed by atoms with van der Waals surface area (Å²) in [5.74, 6) is 0.496. The van der Waals surface area contributed by atoms with Gasteiger partial charge in [0.05, 0.1) is 33.5 Å². The lowest BCUT2D eigenvalue weighted by molar-refractivity contribution is 0.466. The summed E-state index contributed by atoms with van der Waals surface area (Å²) in [5, 5.41) is 12.3. The van der Waals surface area contributed by atoms with Crippen molar-refractivity contribution < 1.29 is 27.0 Å². The zero-order valence-electron chi connectivity index (χ0n) is 51.4. The number of pyridine rings is 1. The van der Waals surface area contributed by atoms with Gasteiger partial charge in [-0.2, -0.15) is 0 Å². The van der Waals surface area contributed by atoms with E-state index in [0.717, 1.165) is 22.3 Å². The number of imidazole rings is 1. The molecule has 0 fully saturated rings. The van der Waals surface area contributed by atoms with Crippen LogP contribution < -0.4 is 0 Å². The summed E-state index contributed by atoms with van der Waals surface area (Å²) in [6.07, 6.45) is 1.41. The highest BCUT2D eigenvalue weighted by atomic mass is 16.3. The zero-order chi connectivity index (χ0) is 56.9. The average molecular weight is 818 g/mol. The summed E-state index contributed by atoms with van der Waals surface area (Å²) < 4.78 is 138. The molecule has 0 aliphatic carbocycles. The first-order valence-electron chi connectivity index (χ1n) is 28.4. The van der Waals surface area contributed by atoms with E-state index in [-0.39, 0.29) is 34.3 Å². The summed E-state index contributed by atoms with van der Waals surface area (Å²) in [7, 11) is 0. The van der Waals surface area contributed by atoms with Gasteiger partial charge in [-0.1, -0.05) is 159 Å². The van der Waals surface area contributed by atoms with Crippen molar-refractivity contribution in [2.75, 3.05) is 0 Å². The molecule has 0 unspecified atom stereocenters. The summed E-state index contributed by atoms with van der Waals surface area (Å²) in [4.78, 5) is 10.2. The maximum atomic E-state index is 12.3. The maximum absolute atomic E-state index is 12.3. The van der Waals surface area contributed by atoms with E-state index in [1.165, 1.54) is 18.3 Å². The van der Waals surface area contributed by atoms with Crippen LogP contribution in [-0.4, -0.2) is 19.6 Å². The molecule has 0 amide bonds. The third-order valence-electron chi connectivity index (χ3n) is 11.2. The average Bonchev–Trinajstić information content (AvgIpc) is 3.86. The quantitative estimate of drug-likeness (QED) is 0.166. The van der Waals surface area contributed by atoms with E-state index >= 15 is 0 Å². The van der Waals surface area contributed by atoms with Gasteiger partial charge in [0.1, 0.15) is 11.6 Å². The van der Waals surface area contributed by atoms with E-state index in [1.54, 1.807) is 18.2 Å². The number of aromatic hydroxyl groups is 1. The van der Waals surface area contributed by atoms with Crippen molar-refractivity contribution in [3.63, 3.8) is 0 Å². The Morgan fingerprint density at radius 2 is 1.38 bits per heavy atom. The summed E-state index contributed by atoms with van der Waals surface area (Å²) in [6, 6.07) is 29.2. The number of hydrogen-bond acceptors (Lipinski definition) is 3. The minimum absolute atomic E-state index is 0.0588. The molecule has 2 heterocycles. The third kappa shape index (κ3) is 8.16. The van der Waals surface area contributed by atoms with Gasteiger partial charge in [-0.3, -0.25) is 9.55 Å². The molecule has 2 aromatic heterocycles. The first-order valence-corrected chi connectivity index (χ1v) is 20.4. The Morgan fingerprint density at radius 3 is 2.07 bits per heavy atom. The van der Waals surface area contributed by atoms with E-state index < -0.39 is 68.0 Å². The van der Waals surface area contributed by atoms with Crippen LogP contribution in [0, 0.1) is 6.85 Å². The number of rotatable bonds is 8. The number of para-hydroxylation sites is 1. The first kappa shape index (κ1) is 26.2. The molecule has 0 bridgehead atoms. The second-order valence-electron chi connectivity index (χ2n) is 17.3. The largest absolute Gasteiger partial charge is 0.507 e. The normalized spacial score (nSPS) is 16.9. The Labute approximate surface area is 385 Å². The standard InChI is InChI=1S/C57H59N3O/c1-35(2)41-32-47(36(3)4)54(61)49(33-41)55-59-53-46(18-15-19-52(53)60(55)51-25-20-37(5)28-48(51)39-16-13-12-14-17-39)42-29-43(31-45(30-42)57(9,10)11)50-34-40(26-27-58-50)38-21-23-44(24-22-38)56(6,7)8/h12-36,61H,1-11H3/i5D3,6D3,7D3,8D3,21D,22D,23D,24D. The molecule has 0 saturated heterocycles. The second kappa shape index (κ2) is 16.0. The van der Waals surface area contributed by atoms with Gasteiger partial charge in [-0.15, -0.1) is 0 Å². The number of hydrogen-bond donors (Lipinski definition) is 1. The van der Waals surface area contributed by atoms with Gasteiger partial charge in [0.25, 0.3) is 0 Å². The maximum Gasteiger partial charge on any atom is 0.149 e. The molecule has 0 aliphatic heterocycles. The Kier molecular flexibility index (Phi) is 6.85. The highest BCUT2D eigenvalue weighted by Crippen LogP contribution is 2.44.